The van der Waals surface area contributed by atoms with Crippen LogP contribution in [0.25, 0.3) is 10.8 Å². The minimum Gasteiger partial charge on any atom is -0.336 e. The molecule has 0 radical (unpaired) electrons. The van der Waals surface area contributed by atoms with Crippen LogP contribution in [0.5, 0.6) is 0 Å². The van der Waals surface area contributed by atoms with E-state index in [1.54, 1.807) is 17.3 Å². The Kier molecular flexibility index (Phi) is 7.32. The third-order valence-corrected chi connectivity index (χ3v) is 7.32. The Morgan fingerprint density at radius 2 is 1.54 bits per heavy atom. The molecule has 190 valence electrons. The smallest absolute Gasteiger partial charge is 0.264 e. The van der Waals surface area contributed by atoms with Gasteiger partial charge < -0.3 is 4.90 Å². The van der Waals surface area contributed by atoms with Crippen LogP contribution in [0.3, 0.4) is 0 Å². The summed E-state index contributed by atoms with van der Waals surface area (Å²) in [5.41, 5.74) is 2.73. The van der Waals surface area contributed by atoms with E-state index in [0.717, 1.165) is 28.2 Å². The SMILES string of the molecule is CS(=O)(=O)OC[C@H]1CN(C(=O)c2cncc3ccccc23)CCN1C(c1ccccc1)c1ccccc1. The standard InChI is InChI=1S/C29H29N3O4S/c1-37(34,35)36-21-25-20-31(29(33)27-19-30-18-24-14-8-9-15-26(24)27)16-17-32(25)28(22-10-4-2-5-11-22)23-12-6-3-7-13-23/h2-15,18-19,25,28H,16-17,20-21H2,1H3/t25-/m1/s1. The van der Waals surface area contributed by atoms with Crippen LogP contribution in [0.15, 0.2) is 97.3 Å². The van der Waals surface area contributed by atoms with E-state index in [0.29, 0.717) is 25.2 Å². The largest absolute Gasteiger partial charge is 0.336 e. The fourth-order valence-electron chi connectivity index (χ4n) is 5.05. The quantitative estimate of drug-likeness (QED) is 0.345. The van der Waals surface area contributed by atoms with Gasteiger partial charge in [0.25, 0.3) is 16.0 Å². The zero-order valence-corrected chi connectivity index (χ0v) is 21.4. The molecule has 0 bridgehead atoms. The lowest BCUT2D eigenvalue weighted by atomic mass is 9.94. The maximum atomic E-state index is 13.7. The molecule has 4 aromatic rings. The molecule has 1 aliphatic heterocycles. The Bertz CT molecular complexity index is 1430. The van der Waals surface area contributed by atoms with Gasteiger partial charge in [0, 0.05) is 37.4 Å². The Hall–Kier alpha value is -3.59. The molecule has 1 aliphatic rings. The van der Waals surface area contributed by atoms with Crippen molar-refractivity contribution in [2.75, 3.05) is 32.5 Å². The van der Waals surface area contributed by atoms with Crippen molar-refractivity contribution in [2.24, 2.45) is 0 Å². The number of hydrogen-bond acceptors (Lipinski definition) is 6. The number of fused-ring (bicyclic) bond motifs is 1. The van der Waals surface area contributed by atoms with Crippen molar-refractivity contribution in [1.82, 2.24) is 14.8 Å². The van der Waals surface area contributed by atoms with Crippen molar-refractivity contribution in [2.45, 2.75) is 12.1 Å². The molecule has 1 amide bonds. The number of piperazine rings is 1. The summed E-state index contributed by atoms with van der Waals surface area (Å²) < 4.78 is 29.2. The van der Waals surface area contributed by atoms with Crippen LogP contribution in [0.2, 0.25) is 0 Å². The molecule has 1 fully saturated rings. The number of carbonyl (C=O) groups excluding carboxylic acids is 1. The lowest BCUT2D eigenvalue weighted by Crippen LogP contribution is -2.57. The number of rotatable bonds is 7. The van der Waals surface area contributed by atoms with Crippen LogP contribution >= 0.6 is 0 Å². The van der Waals surface area contributed by atoms with E-state index in [2.05, 4.69) is 34.1 Å². The number of nitrogens with zero attached hydrogens (tertiary/aromatic N) is 3. The van der Waals surface area contributed by atoms with E-state index in [9.17, 15) is 13.2 Å². The zero-order chi connectivity index (χ0) is 25.8. The molecule has 5 rings (SSSR count). The fraction of sp³-hybridized carbons (Fsp3) is 0.241. The molecule has 1 aromatic heterocycles. The van der Waals surface area contributed by atoms with Gasteiger partial charge in [-0.05, 0) is 16.5 Å². The van der Waals surface area contributed by atoms with E-state index in [4.69, 9.17) is 4.18 Å². The Morgan fingerprint density at radius 1 is 0.919 bits per heavy atom. The van der Waals surface area contributed by atoms with Gasteiger partial charge in [-0.3, -0.25) is 18.9 Å². The minimum atomic E-state index is -3.66. The van der Waals surface area contributed by atoms with Crippen molar-refractivity contribution in [3.63, 3.8) is 0 Å². The van der Waals surface area contributed by atoms with Gasteiger partial charge >= 0.3 is 0 Å². The van der Waals surface area contributed by atoms with Crippen LogP contribution in [0.1, 0.15) is 27.5 Å². The molecule has 0 unspecified atom stereocenters. The second-order valence-corrected chi connectivity index (χ2v) is 10.9. The highest BCUT2D eigenvalue weighted by Crippen LogP contribution is 2.33. The van der Waals surface area contributed by atoms with Crippen molar-refractivity contribution in [1.29, 1.82) is 0 Å². The molecule has 0 spiro atoms. The van der Waals surface area contributed by atoms with E-state index < -0.39 is 10.1 Å². The van der Waals surface area contributed by atoms with Crippen LogP contribution in [-0.2, 0) is 14.3 Å². The summed E-state index contributed by atoms with van der Waals surface area (Å²) in [4.78, 5) is 22.0. The first-order valence-corrected chi connectivity index (χ1v) is 14.0. The molecule has 0 N–H and O–H groups in total. The Balaban J connectivity index is 1.49. The molecule has 8 heteroatoms. The van der Waals surface area contributed by atoms with E-state index in [1.807, 2.05) is 60.7 Å². The Morgan fingerprint density at radius 3 is 2.19 bits per heavy atom. The second kappa shape index (κ2) is 10.8. The third-order valence-electron chi connectivity index (χ3n) is 6.75. The summed E-state index contributed by atoms with van der Waals surface area (Å²) in [7, 11) is -3.66. The molecule has 0 saturated carbocycles. The van der Waals surface area contributed by atoms with E-state index in [-0.39, 0.29) is 24.6 Å². The van der Waals surface area contributed by atoms with Crippen molar-refractivity contribution >= 4 is 26.8 Å². The number of aromatic nitrogens is 1. The predicted octanol–water partition coefficient (Wildman–Crippen LogP) is 4.13. The number of benzene rings is 3. The molecule has 37 heavy (non-hydrogen) atoms. The summed E-state index contributed by atoms with van der Waals surface area (Å²) >= 11 is 0. The van der Waals surface area contributed by atoms with E-state index in [1.165, 1.54) is 0 Å². The minimum absolute atomic E-state index is 0.0490. The van der Waals surface area contributed by atoms with Gasteiger partial charge in [-0.1, -0.05) is 84.9 Å². The predicted molar refractivity (Wildman–Crippen MR) is 144 cm³/mol. The number of hydrogen-bond donors (Lipinski definition) is 0. The van der Waals surface area contributed by atoms with Gasteiger partial charge in [-0.15, -0.1) is 0 Å². The van der Waals surface area contributed by atoms with Gasteiger partial charge in [-0.2, -0.15) is 8.42 Å². The van der Waals surface area contributed by atoms with Crippen LogP contribution in [-0.4, -0.2) is 67.6 Å². The van der Waals surface area contributed by atoms with Crippen molar-refractivity contribution in [3.05, 3.63) is 114 Å². The summed E-state index contributed by atoms with van der Waals surface area (Å²) in [5, 5.41) is 1.75. The monoisotopic (exact) mass is 515 g/mol. The average Bonchev–Trinajstić information content (AvgIpc) is 2.92. The average molecular weight is 516 g/mol. The Labute approximate surface area is 217 Å². The van der Waals surface area contributed by atoms with Gasteiger partial charge in [0.15, 0.2) is 0 Å². The summed E-state index contributed by atoms with van der Waals surface area (Å²) in [6.07, 6.45) is 4.41. The first kappa shape index (κ1) is 25.1. The lowest BCUT2D eigenvalue weighted by molar-refractivity contribution is 0.0248. The molecule has 0 aliphatic carbocycles. The summed E-state index contributed by atoms with van der Waals surface area (Å²) in [6, 6.07) is 27.5. The highest BCUT2D eigenvalue weighted by Gasteiger charge is 2.36. The fourth-order valence-corrected chi connectivity index (χ4v) is 5.45. The molecular weight excluding hydrogens is 486 g/mol. The summed E-state index contributed by atoms with van der Waals surface area (Å²) in [5.74, 6) is -0.121. The maximum Gasteiger partial charge on any atom is 0.264 e. The summed E-state index contributed by atoms with van der Waals surface area (Å²) in [6.45, 7) is 1.32. The van der Waals surface area contributed by atoms with Crippen LogP contribution in [0, 0.1) is 0 Å². The molecule has 3 aromatic carbocycles. The van der Waals surface area contributed by atoms with Crippen LogP contribution < -0.4 is 0 Å². The van der Waals surface area contributed by atoms with Gasteiger partial charge in [0.2, 0.25) is 0 Å². The molecular formula is C29H29N3O4S. The van der Waals surface area contributed by atoms with Crippen LogP contribution in [0.4, 0.5) is 0 Å². The molecule has 2 heterocycles. The molecule has 7 nitrogen and oxygen atoms in total. The van der Waals surface area contributed by atoms with Crippen molar-refractivity contribution in [3.8, 4) is 0 Å². The van der Waals surface area contributed by atoms with Gasteiger partial charge in [0.1, 0.15) is 0 Å². The van der Waals surface area contributed by atoms with Gasteiger partial charge in [-0.25, -0.2) is 0 Å². The normalized spacial score (nSPS) is 16.8. The lowest BCUT2D eigenvalue weighted by Gasteiger charge is -2.45. The van der Waals surface area contributed by atoms with Crippen molar-refractivity contribution < 1.29 is 17.4 Å². The zero-order valence-electron chi connectivity index (χ0n) is 20.6. The highest BCUT2D eigenvalue weighted by molar-refractivity contribution is 7.85. The first-order chi connectivity index (χ1) is 17.9. The second-order valence-electron chi connectivity index (χ2n) is 9.26. The maximum absolute atomic E-state index is 13.7. The molecule has 1 saturated heterocycles. The highest BCUT2D eigenvalue weighted by atomic mass is 32.2. The van der Waals surface area contributed by atoms with E-state index >= 15 is 0 Å². The number of amides is 1. The number of pyridine rings is 1. The topological polar surface area (TPSA) is 79.8 Å². The van der Waals surface area contributed by atoms with Gasteiger partial charge in [0.05, 0.1) is 30.5 Å². The first-order valence-electron chi connectivity index (χ1n) is 12.2. The third kappa shape index (κ3) is 5.72. The molecule has 1 atom stereocenters. The number of carbonyl (C=O) groups is 1.